The molecule has 0 spiro atoms. The Morgan fingerprint density at radius 3 is 3.13 bits per heavy atom. The quantitative estimate of drug-likeness (QED) is 0.587. The van der Waals surface area contributed by atoms with Gasteiger partial charge in [-0.3, -0.25) is 4.99 Å². The van der Waals surface area contributed by atoms with Crippen molar-refractivity contribution in [3.63, 3.8) is 0 Å². The monoisotopic (exact) mass is 201 g/mol. The van der Waals surface area contributed by atoms with Gasteiger partial charge >= 0.3 is 0 Å². The highest BCUT2D eigenvalue weighted by Gasteiger charge is 2.38. The molecule has 0 amide bonds. The number of allylic oxidation sites excluding steroid dienone is 1. The molecule has 3 heteroatoms. The molecule has 3 rings (SSSR count). The molecule has 0 saturated carbocycles. The maximum absolute atomic E-state index is 4.23. The third kappa shape index (κ3) is 1.16. The fourth-order valence-electron chi connectivity index (χ4n) is 2.56. The van der Waals surface area contributed by atoms with Crippen LogP contribution in [0.3, 0.4) is 0 Å². The number of hydrogen-bond donors (Lipinski definition) is 0. The van der Waals surface area contributed by atoms with Crippen LogP contribution in [0.2, 0.25) is 0 Å². The van der Waals surface area contributed by atoms with Crippen molar-refractivity contribution in [1.82, 2.24) is 9.80 Å². The molecule has 0 aromatic heterocycles. The summed E-state index contributed by atoms with van der Waals surface area (Å²) in [5, 5.41) is 0. The summed E-state index contributed by atoms with van der Waals surface area (Å²) in [5.74, 6) is 0.507. The van der Waals surface area contributed by atoms with Crippen molar-refractivity contribution in [2.75, 3.05) is 20.6 Å². The van der Waals surface area contributed by atoms with E-state index in [1.54, 1.807) is 0 Å². The van der Waals surface area contributed by atoms with E-state index >= 15 is 0 Å². The van der Waals surface area contributed by atoms with Crippen molar-refractivity contribution in [1.29, 1.82) is 0 Å². The first-order valence-corrected chi connectivity index (χ1v) is 5.32. The number of likely N-dealkylation sites (N-methyl/N-ethyl adjacent to an activating group) is 2. The molecule has 0 aliphatic carbocycles. The molecule has 1 saturated heterocycles. The predicted octanol–water partition coefficient (Wildman–Crippen LogP) is 1.23. The maximum atomic E-state index is 4.23. The van der Waals surface area contributed by atoms with Gasteiger partial charge in [0, 0.05) is 45.2 Å². The van der Waals surface area contributed by atoms with Gasteiger partial charge in [-0.25, -0.2) is 0 Å². The normalized spacial score (nSPS) is 32.4. The number of fused-ring (bicyclic) bond motifs is 3. The van der Waals surface area contributed by atoms with Gasteiger partial charge in [-0.05, 0) is 5.57 Å². The first-order valence-electron chi connectivity index (χ1n) is 5.32. The highest BCUT2D eigenvalue weighted by Crippen LogP contribution is 2.39. The summed E-state index contributed by atoms with van der Waals surface area (Å²) in [6.07, 6.45) is 10.7. The lowest BCUT2D eigenvalue weighted by Crippen LogP contribution is -2.30. The van der Waals surface area contributed by atoms with Crippen LogP contribution in [0.25, 0.3) is 0 Å². The van der Waals surface area contributed by atoms with Crippen LogP contribution < -0.4 is 0 Å². The zero-order valence-electron chi connectivity index (χ0n) is 9.09. The molecule has 3 aliphatic rings. The standard InChI is InChI=1S/C12H15N3/c1-14-6-4-10-9-3-5-13-7-11(9)15(2)12(10)8-14/h3-5,7-9,11H,6H2,1-2H3. The molecule has 2 atom stereocenters. The van der Waals surface area contributed by atoms with Crippen molar-refractivity contribution in [3.05, 3.63) is 35.8 Å². The Labute approximate surface area is 90.1 Å². The van der Waals surface area contributed by atoms with Crippen LogP contribution in [0, 0.1) is 5.92 Å². The average molecular weight is 201 g/mol. The van der Waals surface area contributed by atoms with Crippen molar-refractivity contribution in [2.24, 2.45) is 10.9 Å². The van der Waals surface area contributed by atoms with E-state index in [0.717, 1.165) is 6.54 Å². The second kappa shape index (κ2) is 2.99. The van der Waals surface area contributed by atoms with Crippen molar-refractivity contribution in [3.8, 4) is 0 Å². The largest absolute Gasteiger partial charge is 0.375 e. The van der Waals surface area contributed by atoms with E-state index < -0.39 is 0 Å². The number of hydrogen-bond acceptors (Lipinski definition) is 3. The van der Waals surface area contributed by atoms with Gasteiger partial charge in [0.15, 0.2) is 0 Å². The lowest BCUT2D eigenvalue weighted by Gasteiger charge is -2.24. The summed E-state index contributed by atoms with van der Waals surface area (Å²) in [5.41, 5.74) is 2.81. The first kappa shape index (κ1) is 8.77. The summed E-state index contributed by atoms with van der Waals surface area (Å²) >= 11 is 0. The molecule has 2 unspecified atom stereocenters. The molecule has 0 N–H and O–H groups in total. The second-order valence-electron chi connectivity index (χ2n) is 4.38. The molecular formula is C12H15N3. The summed E-state index contributed by atoms with van der Waals surface area (Å²) < 4.78 is 0. The Morgan fingerprint density at radius 2 is 2.27 bits per heavy atom. The summed E-state index contributed by atoms with van der Waals surface area (Å²) in [7, 11) is 4.26. The van der Waals surface area contributed by atoms with E-state index in [2.05, 4.69) is 47.2 Å². The molecule has 0 aromatic rings. The minimum absolute atomic E-state index is 0.416. The molecular weight excluding hydrogens is 186 g/mol. The molecule has 15 heavy (non-hydrogen) atoms. The Kier molecular flexibility index (Phi) is 1.75. The highest BCUT2D eigenvalue weighted by molar-refractivity contribution is 5.72. The molecule has 3 nitrogen and oxygen atoms in total. The van der Waals surface area contributed by atoms with Gasteiger partial charge in [-0.15, -0.1) is 0 Å². The van der Waals surface area contributed by atoms with Crippen LogP contribution in [-0.4, -0.2) is 42.7 Å². The number of likely N-dealkylation sites (tertiary alicyclic amines) is 1. The van der Waals surface area contributed by atoms with E-state index in [1.165, 1.54) is 11.3 Å². The van der Waals surface area contributed by atoms with Crippen molar-refractivity contribution >= 4 is 6.21 Å². The maximum Gasteiger partial charge on any atom is 0.0746 e. The Balaban J connectivity index is 2.06. The fraction of sp³-hybridized carbons (Fsp3) is 0.417. The van der Waals surface area contributed by atoms with E-state index in [9.17, 15) is 0 Å². The minimum Gasteiger partial charge on any atom is -0.375 e. The molecule has 0 radical (unpaired) electrons. The van der Waals surface area contributed by atoms with Gasteiger partial charge < -0.3 is 9.80 Å². The predicted molar refractivity (Wildman–Crippen MR) is 61.5 cm³/mol. The van der Waals surface area contributed by atoms with Crippen LogP contribution in [0.5, 0.6) is 0 Å². The van der Waals surface area contributed by atoms with Crippen molar-refractivity contribution in [2.45, 2.75) is 6.04 Å². The molecule has 0 bridgehead atoms. The zero-order valence-corrected chi connectivity index (χ0v) is 9.09. The number of nitrogens with zero attached hydrogens (tertiary/aromatic N) is 3. The number of rotatable bonds is 0. The van der Waals surface area contributed by atoms with Gasteiger partial charge in [0.2, 0.25) is 0 Å². The van der Waals surface area contributed by atoms with Crippen LogP contribution >= 0.6 is 0 Å². The van der Waals surface area contributed by atoms with Crippen LogP contribution in [0.4, 0.5) is 0 Å². The Bertz CT molecular complexity index is 403. The van der Waals surface area contributed by atoms with Gasteiger partial charge in [0.1, 0.15) is 0 Å². The third-order valence-electron chi connectivity index (χ3n) is 3.41. The van der Waals surface area contributed by atoms with E-state index in [4.69, 9.17) is 0 Å². The van der Waals surface area contributed by atoms with Crippen LogP contribution in [0.15, 0.2) is 40.8 Å². The molecule has 3 heterocycles. The molecule has 1 fully saturated rings. The zero-order chi connectivity index (χ0) is 10.4. The summed E-state index contributed by atoms with van der Waals surface area (Å²) in [6.45, 7) is 1.01. The van der Waals surface area contributed by atoms with Crippen LogP contribution in [0.1, 0.15) is 0 Å². The van der Waals surface area contributed by atoms with E-state index in [-0.39, 0.29) is 0 Å². The highest BCUT2D eigenvalue weighted by atomic mass is 15.2. The average Bonchev–Trinajstić information content (AvgIpc) is 2.54. The molecule has 3 aliphatic heterocycles. The van der Waals surface area contributed by atoms with Crippen molar-refractivity contribution < 1.29 is 0 Å². The van der Waals surface area contributed by atoms with Gasteiger partial charge in [-0.1, -0.05) is 12.2 Å². The Morgan fingerprint density at radius 1 is 1.40 bits per heavy atom. The van der Waals surface area contributed by atoms with E-state index in [0.29, 0.717) is 12.0 Å². The third-order valence-corrected chi connectivity index (χ3v) is 3.41. The lowest BCUT2D eigenvalue weighted by molar-refractivity contribution is 0.390. The number of aliphatic imine (C=N–C) groups is 1. The Hall–Kier alpha value is -1.51. The summed E-state index contributed by atoms with van der Waals surface area (Å²) in [6, 6.07) is 0.416. The SMILES string of the molecule is CN1C=C2C(=CC1)C1C=CN=CC1N2C. The molecule has 78 valence electrons. The smallest absolute Gasteiger partial charge is 0.0746 e. The topological polar surface area (TPSA) is 18.8 Å². The van der Waals surface area contributed by atoms with Gasteiger partial charge in [-0.2, -0.15) is 0 Å². The van der Waals surface area contributed by atoms with Crippen LogP contribution in [-0.2, 0) is 0 Å². The fourth-order valence-corrected chi connectivity index (χ4v) is 2.56. The molecule has 0 aromatic carbocycles. The lowest BCUT2D eigenvalue weighted by atomic mass is 9.93. The van der Waals surface area contributed by atoms with E-state index in [1.807, 2.05) is 12.4 Å². The van der Waals surface area contributed by atoms with Gasteiger partial charge in [0.25, 0.3) is 0 Å². The summed E-state index contributed by atoms with van der Waals surface area (Å²) in [4.78, 5) is 8.77. The second-order valence-corrected chi connectivity index (χ2v) is 4.38. The minimum atomic E-state index is 0.416. The first-order chi connectivity index (χ1) is 7.27. The van der Waals surface area contributed by atoms with Gasteiger partial charge in [0.05, 0.1) is 11.7 Å².